The van der Waals surface area contributed by atoms with Crippen molar-refractivity contribution in [3.05, 3.63) is 29.8 Å². The molecule has 1 N–H and O–H groups in total. The smallest absolute Gasteiger partial charge is 0.317 e. The maximum Gasteiger partial charge on any atom is 0.317 e. The van der Waals surface area contributed by atoms with Crippen LogP contribution in [-0.2, 0) is 11.3 Å². The van der Waals surface area contributed by atoms with Gasteiger partial charge < -0.3 is 19.7 Å². The lowest BCUT2D eigenvalue weighted by molar-refractivity contribution is 0.152. The Kier molecular flexibility index (Phi) is 4.84. The van der Waals surface area contributed by atoms with Gasteiger partial charge in [0.2, 0.25) is 0 Å². The molecule has 4 rings (SSSR count). The van der Waals surface area contributed by atoms with E-state index >= 15 is 0 Å². The molecule has 2 aliphatic heterocycles. The zero-order chi connectivity index (χ0) is 17.1. The number of benzene rings is 1. The molecule has 3 aliphatic rings. The topological polar surface area (TPSA) is 50.8 Å². The van der Waals surface area contributed by atoms with Crippen molar-refractivity contribution in [3.8, 4) is 5.75 Å². The number of likely N-dealkylation sites (tertiary alicyclic amines) is 1. The van der Waals surface area contributed by atoms with Gasteiger partial charge in [-0.1, -0.05) is 18.2 Å². The van der Waals surface area contributed by atoms with E-state index < -0.39 is 0 Å². The van der Waals surface area contributed by atoms with Gasteiger partial charge >= 0.3 is 6.03 Å². The Balaban J connectivity index is 1.32. The molecule has 5 heteroatoms. The number of ether oxygens (including phenoxy) is 2. The van der Waals surface area contributed by atoms with Crippen LogP contribution in [0.4, 0.5) is 4.79 Å². The van der Waals surface area contributed by atoms with Crippen molar-refractivity contribution < 1.29 is 14.3 Å². The maximum absolute atomic E-state index is 12.5. The Morgan fingerprint density at radius 3 is 2.92 bits per heavy atom. The molecule has 25 heavy (non-hydrogen) atoms. The van der Waals surface area contributed by atoms with E-state index in [0.29, 0.717) is 12.6 Å². The molecule has 136 valence electrons. The van der Waals surface area contributed by atoms with E-state index in [1.807, 2.05) is 29.2 Å². The highest BCUT2D eigenvalue weighted by Crippen LogP contribution is 2.38. The summed E-state index contributed by atoms with van der Waals surface area (Å²) in [6.45, 7) is 3.80. The van der Waals surface area contributed by atoms with Gasteiger partial charge in [0.25, 0.3) is 0 Å². The van der Waals surface area contributed by atoms with Gasteiger partial charge in [-0.25, -0.2) is 4.79 Å². The van der Waals surface area contributed by atoms with Gasteiger partial charge in [-0.3, -0.25) is 0 Å². The summed E-state index contributed by atoms with van der Waals surface area (Å²) in [7, 11) is 0. The molecule has 5 nitrogen and oxygen atoms in total. The summed E-state index contributed by atoms with van der Waals surface area (Å²) in [5.41, 5.74) is 1.27. The lowest BCUT2D eigenvalue weighted by Gasteiger charge is -2.22. The Labute approximate surface area is 149 Å². The van der Waals surface area contributed by atoms with Gasteiger partial charge in [0, 0.05) is 37.2 Å². The van der Waals surface area contributed by atoms with Crippen LogP contribution < -0.4 is 10.1 Å². The first-order valence-corrected chi connectivity index (χ1v) is 9.59. The summed E-state index contributed by atoms with van der Waals surface area (Å²) in [6.07, 6.45) is 7.25. The summed E-state index contributed by atoms with van der Waals surface area (Å²) in [5.74, 6) is 0.914. The SMILES string of the molecule is O=C(NCc1ccccc1OC1CCCC1)N1CC[C@@]2(CCOC2)C1. The minimum Gasteiger partial charge on any atom is -0.490 e. The fraction of sp³-hybridized carbons (Fsp3) is 0.650. The normalized spacial score (nSPS) is 26.5. The van der Waals surface area contributed by atoms with Crippen LogP contribution in [0.2, 0.25) is 0 Å². The molecule has 2 heterocycles. The summed E-state index contributed by atoms with van der Waals surface area (Å²) >= 11 is 0. The average Bonchev–Trinajstić information content (AvgIpc) is 3.38. The third-order valence-electron chi connectivity index (χ3n) is 5.91. The standard InChI is InChI=1S/C20H28N2O3/c23-19(22-11-9-20(14-22)10-12-24-15-20)21-13-16-5-1-4-8-18(16)25-17-6-2-3-7-17/h1,4-5,8,17H,2-3,6-7,9-15H2,(H,21,23)/t20-/m1/s1. The van der Waals surface area contributed by atoms with Crippen LogP contribution in [-0.4, -0.2) is 43.3 Å². The molecular formula is C20H28N2O3. The lowest BCUT2D eigenvalue weighted by atomic mass is 9.87. The number of carbonyl (C=O) groups is 1. The van der Waals surface area contributed by atoms with Crippen LogP contribution >= 0.6 is 0 Å². The molecule has 1 spiro atoms. The van der Waals surface area contributed by atoms with E-state index in [1.54, 1.807) is 0 Å². The quantitative estimate of drug-likeness (QED) is 0.911. The number of hydrogen-bond acceptors (Lipinski definition) is 3. The molecule has 0 bridgehead atoms. The highest BCUT2D eigenvalue weighted by atomic mass is 16.5. The number of amides is 2. The zero-order valence-corrected chi connectivity index (χ0v) is 14.8. The highest BCUT2D eigenvalue weighted by molar-refractivity contribution is 5.74. The second-order valence-electron chi connectivity index (χ2n) is 7.76. The van der Waals surface area contributed by atoms with E-state index in [0.717, 1.165) is 63.3 Å². The molecule has 0 radical (unpaired) electrons. The van der Waals surface area contributed by atoms with Crippen molar-refractivity contribution in [2.75, 3.05) is 26.3 Å². The van der Waals surface area contributed by atoms with Gasteiger partial charge in [-0.15, -0.1) is 0 Å². The molecule has 2 saturated heterocycles. The van der Waals surface area contributed by atoms with Gasteiger partial charge in [-0.05, 0) is 44.6 Å². The molecule has 1 aromatic rings. The average molecular weight is 344 g/mol. The summed E-state index contributed by atoms with van der Waals surface area (Å²) in [5, 5.41) is 3.08. The summed E-state index contributed by atoms with van der Waals surface area (Å²) in [6, 6.07) is 8.09. The first-order chi connectivity index (χ1) is 12.2. The number of hydrogen-bond donors (Lipinski definition) is 1. The summed E-state index contributed by atoms with van der Waals surface area (Å²) < 4.78 is 11.7. The van der Waals surface area contributed by atoms with Gasteiger partial charge in [0.1, 0.15) is 5.75 Å². The molecule has 0 unspecified atom stereocenters. The van der Waals surface area contributed by atoms with Crippen molar-refractivity contribution in [2.24, 2.45) is 5.41 Å². The number of nitrogens with one attached hydrogen (secondary N) is 1. The van der Waals surface area contributed by atoms with Crippen LogP contribution in [0.3, 0.4) is 0 Å². The van der Waals surface area contributed by atoms with Crippen molar-refractivity contribution in [1.82, 2.24) is 10.2 Å². The van der Waals surface area contributed by atoms with E-state index in [1.165, 1.54) is 12.8 Å². The molecule has 1 saturated carbocycles. The van der Waals surface area contributed by atoms with Gasteiger partial charge in [0.15, 0.2) is 0 Å². The Hall–Kier alpha value is -1.75. The van der Waals surface area contributed by atoms with Crippen molar-refractivity contribution >= 4 is 6.03 Å². The molecule has 1 aliphatic carbocycles. The Bertz CT molecular complexity index is 607. The first-order valence-electron chi connectivity index (χ1n) is 9.59. The lowest BCUT2D eigenvalue weighted by Crippen LogP contribution is -2.39. The van der Waals surface area contributed by atoms with Crippen LogP contribution in [0.25, 0.3) is 0 Å². The van der Waals surface area contributed by atoms with E-state index in [2.05, 4.69) is 5.32 Å². The fourth-order valence-corrected chi connectivity index (χ4v) is 4.31. The molecule has 1 aromatic carbocycles. The largest absolute Gasteiger partial charge is 0.490 e. The second kappa shape index (κ2) is 7.24. The predicted molar refractivity (Wildman–Crippen MR) is 95.6 cm³/mol. The van der Waals surface area contributed by atoms with Crippen molar-refractivity contribution in [2.45, 2.75) is 51.2 Å². The van der Waals surface area contributed by atoms with E-state index in [-0.39, 0.29) is 11.4 Å². The molecule has 2 amide bonds. The minimum absolute atomic E-state index is 0.0273. The van der Waals surface area contributed by atoms with Gasteiger partial charge in [0.05, 0.1) is 12.7 Å². The third kappa shape index (κ3) is 3.76. The van der Waals surface area contributed by atoms with Crippen LogP contribution in [0.1, 0.15) is 44.1 Å². The monoisotopic (exact) mass is 344 g/mol. The Morgan fingerprint density at radius 1 is 1.28 bits per heavy atom. The fourth-order valence-electron chi connectivity index (χ4n) is 4.31. The van der Waals surface area contributed by atoms with Crippen molar-refractivity contribution in [1.29, 1.82) is 0 Å². The third-order valence-corrected chi connectivity index (χ3v) is 5.91. The Morgan fingerprint density at radius 2 is 2.12 bits per heavy atom. The van der Waals surface area contributed by atoms with E-state index in [9.17, 15) is 4.79 Å². The minimum atomic E-state index is 0.0273. The molecule has 3 fully saturated rings. The summed E-state index contributed by atoms with van der Waals surface area (Å²) in [4.78, 5) is 14.5. The van der Waals surface area contributed by atoms with Crippen molar-refractivity contribution in [3.63, 3.8) is 0 Å². The van der Waals surface area contributed by atoms with Gasteiger partial charge in [-0.2, -0.15) is 0 Å². The number of nitrogens with zero attached hydrogens (tertiary/aromatic N) is 1. The number of para-hydroxylation sites is 1. The first kappa shape index (κ1) is 16.7. The zero-order valence-electron chi connectivity index (χ0n) is 14.8. The number of rotatable bonds is 4. The maximum atomic E-state index is 12.5. The molecule has 1 atom stereocenters. The van der Waals surface area contributed by atoms with E-state index in [4.69, 9.17) is 9.47 Å². The predicted octanol–water partition coefficient (Wildman–Crippen LogP) is 3.33. The second-order valence-corrected chi connectivity index (χ2v) is 7.76. The number of urea groups is 1. The number of carbonyl (C=O) groups excluding carboxylic acids is 1. The molecule has 0 aromatic heterocycles. The van der Waals surface area contributed by atoms with Crippen LogP contribution in [0.15, 0.2) is 24.3 Å². The van der Waals surface area contributed by atoms with Crippen LogP contribution in [0, 0.1) is 5.41 Å². The molecular weight excluding hydrogens is 316 g/mol. The van der Waals surface area contributed by atoms with Crippen LogP contribution in [0.5, 0.6) is 5.75 Å². The highest BCUT2D eigenvalue weighted by Gasteiger charge is 2.42.